The molecule has 0 spiro atoms. The summed E-state index contributed by atoms with van der Waals surface area (Å²) in [6.45, 7) is 4.03. The van der Waals surface area contributed by atoms with Gasteiger partial charge >= 0.3 is 0 Å². The van der Waals surface area contributed by atoms with Crippen LogP contribution < -0.4 is 10.1 Å². The first kappa shape index (κ1) is 12.0. The summed E-state index contributed by atoms with van der Waals surface area (Å²) < 4.78 is 5.59. The van der Waals surface area contributed by atoms with Gasteiger partial charge in [-0.1, -0.05) is 12.1 Å². The minimum absolute atomic E-state index is 0.176. The van der Waals surface area contributed by atoms with E-state index in [9.17, 15) is 4.79 Å². The smallest absolute Gasteiger partial charge is 0.220 e. The molecule has 2 rings (SSSR count). The zero-order valence-electron chi connectivity index (χ0n) is 10.4. The molecule has 0 radical (unpaired) electrons. The van der Waals surface area contributed by atoms with Gasteiger partial charge in [0.15, 0.2) is 0 Å². The summed E-state index contributed by atoms with van der Waals surface area (Å²) in [7, 11) is 0. The van der Waals surface area contributed by atoms with E-state index in [1.165, 1.54) is 5.56 Å². The number of carbonyl (C=O) groups excluding carboxylic acids is 1. The summed E-state index contributed by atoms with van der Waals surface area (Å²) in [6.07, 6.45) is 2.73. The molecule has 1 aliphatic heterocycles. The van der Waals surface area contributed by atoms with Crippen molar-refractivity contribution in [3.05, 3.63) is 29.8 Å². The van der Waals surface area contributed by atoms with Crippen molar-refractivity contribution in [2.45, 2.75) is 45.3 Å². The molecule has 1 heterocycles. The normalized spacial score (nSPS) is 19.5. The van der Waals surface area contributed by atoms with Crippen molar-refractivity contribution >= 4 is 5.91 Å². The molecule has 0 aromatic heterocycles. The molecule has 0 bridgehead atoms. The summed E-state index contributed by atoms with van der Waals surface area (Å²) in [5.74, 6) is 1.08. The summed E-state index contributed by atoms with van der Waals surface area (Å²) in [6, 6.07) is 8.43. The van der Waals surface area contributed by atoms with Crippen molar-refractivity contribution in [3.63, 3.8) is 0 Å². The van der Waals surface area contributed by atoms with Gasteiger partial charge in [-0.2, -0.15) is 0 Å². The molecular formula is C14H19NO2. The fourth-order valence-corrected chi connectivity index (χ4v) is 2.09. The molecule has 3 heteroatoms. The molecule has 17 heavy (non-hydrogen) atoms. The Morgan fingerprint density at radius 1 is 1.35 bits per heavy atom. The Kier molecular flexibility index (Phi) is 3.67. The highest BCUT2D eigenvalue weighted by Gasteiger charge is 2.20. The SMILES string of the molecule is CC(C)Oc1ccc(CC2CCC(=O)N2)cc1. The minimum atomic E-state index is 0.176. The molecule has 1 saturated heterocycles. The molecule has 0 aliphatic carbocycles. The molecule has 1 aromatic rings. The molecule has 3 nitrogen and oxygen atoms in total. The topological polar surface area (TPSA) is 38.3 Å². The van der Waals surface area contributed by atoms with Crippen LogP contribution >= 0.6 is 0 Å². The van der Waals surface area contributed by atoms with Crippen LogP contribution in [-0.4, -0.2) is 18.1 Å². The number of hydrogen-bond acceptors (Lipinski definition) is 2. The summed E-state index contributed by atoms with van der Waals surface area (Å²) in [5.41, 5.74) is 1.24. The van der Waals surface area contributed by atoms with E-state index in [0.717, 1.165) is 18.6 Å². The maximum absolute atomic E-state index is 11.1. The Morgan fingerprint density at radius 3 is 2.59 bits per heavy atom. The van der Waals surface area contributed by atoms with E-state index in [-0.39, 0.29) is 12.0 Å². The number of nitrogens with one attached hydrogen (secondary N) is 1. The quantitative estimate of drug-likeness (QED) is 0.866. The van der Waals surface area contributed by atoms with Crippen LogP contribution in [0.2, 0.25) is 0 Å². The van der Waals surface area contributed by atoms with Crippen molar-refractivity contribution in [3.8, 4) is 5.75 Å². The van der Waals surface area contributed by atoms with Gasteiger partial charge in [0, 0.05) is 12.5 Å². The fourth-order valence-electron chi connectivity index (χ4n) is 2.09. The molecule has 0 saturated carbocycles. The molecular weight excluding hydrogens is 214 g/mol. The van der Waals surface area contributed by atoms with Crippen molar-refractivity contribution in [1.29, 1.82) is 0 Å². The van der Waals surface area contributed by atoms with Gasteiger partial charge in [0.05, 0.1) is 6.10 Å². The first-order valence-electron chi connectivity index (χ1n) is 6.18. The second-order valence-electron chi connectivity index (χ2n) is 4.82. The van der Waals surface area contributed by atoms with Crippen molar-refractivity contribution < 1.29 is 9.53 Å². The maximum Gasteiger partial charge on any atom is 0.220 e. The summed E-state index contributed by atoms with van der Waals surface area (Å²) in [4.78, 5) is 11.1. The predicted molar refractivity (Wildman–Crippen MR) is 67.1 cm³/mol. The molecule has 1 amide bonds. The minimum Gasteiger partial charge on any atom is -0.491 e. The van der Waals surface area contributed by atoms with Gasteiger partial charge in [-0.15, -0.1) is 0 Å². The van der Waals surface area contributed by atoms with Crippen LogP contribution in [0, 0.1) is 0 Å². The van der Waals surface area contributed by atoms with Gasteiger partial charge in [-0.3, -0.25) is 4.79 Å². The molecule has 1 fully saturated rings. The highest BCUT2D eigenvalue weighted by Crippen LogP contribution is 2.17. The highest BCUT2D eigenvalue weighted by atomic mass is 16.5. The predicted octanol–water partition coefficient (Wildman–Crippen LogP) is 2.29. The average molecular weight is 233 g/mol. The molecule has 1 aliphatic rings. The molecule has 1 unspecified atom stereocenters. The zero-order valence-corrected chi connectivity index (χ0v) is 10.4. The van der Waals surface area contributed by atoms with Crippen LogP contribution in [0.15, 0.2) is 24.3 Å². The summed E-state index contributed by atoms with van der Waals surface area (Å²) >= 11 is 0. The number of benzene rings is 1. The second kappa shape index (κ2) is 5.21. The zero-order chi connectivity index (χ0) is 12.3. The Bertz CT molecular complexity index is 384. The van der Waals surface area contributed by atoms with Crippen LogP contribution in [0.25, 0.3) is 0 Å². The largest absolute Gasteiger partial charge is 0.491 e. The van der Waals surface area contributed by atoms with Crippen LogP contribution in [0.3, 0.4) is 0 Å². The van der Waals surface area contributed by atoms with Gasteiger partial charge in [-0.25, -0.2) is 0 Å². The average Bonchev–Trinajstić information content (AvgIpc) is 2.66. The van der Waals surface area contributed by atoms with E-state index < -0.39 is 0 Å². The molecule has 1 N–H and O–H groups in total. The van der Waals surface area contributed by atoms with E-state index in [1.54, 1.807) is 0 Å². The van der Waals surface area contributed by atoms with E-state index in [0.29, 0.717) is 12.5 Å². The van der Waals surface area contributed by atoms with Crippen LogP contribution in [0.5, 0.6) is 5.75 Å². The number of ether oxygens (including phenoxy) is 1. The highest BCUT2D eigenvalue weighted by molar-refractivity contribution is 5.78. The Morgan fingerprint density at radius 2 is 2.06 bits per heavy atom. The van der Waals surface area contributed by atoms with E-state index >= 15 is 0 Å². The third-order valence-electron chi connectivity index (χ3n) is 2.86. The first-order valence-corrected chi connectivity index (χ1v) is 6.18. The summed E-state index contributed by atoms with van der Waals surface area (Å²) in [5, 5.41) is 2.98. The Labute approximate surface area is 102 Å². The second-order valence-corrected chi connectivity index (χ2v) is 4.82. The number of hydrogen-bond donors (Lipinski definition) is 1. The van der Waals surface area contributed by atoms with Gasteiger partial charge in [0.2, 0.25) is 5.91 Å². The van der Waals surface area contributed by atoms with Crippen molar-refractivity contribution in [2.24, 2.45) is 0 Å². The lowest BCUT2D eigenvalue weighted by Crippen LogP contribution is -2.27. The Balaban J connectivity index is 1.91. The van der Waals surface area contributed by atoms with Crippen molar-refractivity contribution in [1.82, 2.24) is 5.32 Å². The third kappa shape index (κ3) is 3.48. The number of carbonyl (C=O) groups is 1. The fraction of sp³-hybridized carbons (Fsp3) is 0.500. The monoisotopic (exact) mass is 233 g/mol. The van der Waals surface area contributed by atoms with Gasteiger partial charge in [0.1, 0.15) is 5.75 Å². The van der Waals surface area contributed by atoms with E-state index in [1.807, 2.05) is 26.0 Å². The van der Waals surface area contributed by atoms with E-state index in [4.69, 9.17) is 4.74 Å². The van der Waals surface area contributed by atoms with E-state index in [2.05, 4.69) is 17.4 Å². The lowest BCUT2D eigenvalue weighted by molar-refractivity contribution is -0.119. The molecule has 1 atom stereocenters. The number of amides is 1. The number of rotatable bonds is 4. The Hall–Kier alpha value is -1.51. The lowest BCUT2D eigenvalue weighted by atomic mass is 10.0. The first-order chi connectivity index (χ1) is 8.13. The van der Waals surface area contributed by atoms with Gasteiger partial charge < -0.3 is 10.1 Å². The molecule has 92 valence electrons. The van der Waals surface area contributed by atoms with Crippen LogP contribution in [0.1, 0.15) is 32.3 Å². The van der Waals surface area contributed by atoms with Crippen molar-refractivity contribution in [2.75, 3.05) is 0 Å². The standard InChI is InChI=1S/C14H19NO2/c1-10(2)17-13-6-3-11(4-7-13)9-12-5-8-14(16)15-12/h3-4,6-7,10,12H,5,8-9H2,1-2H3,(H,15,16). The van der Waals surface area contributed by atoms with Gasteiger partial charge in [-0.05, 0) is 44.4 Å². The van der Waals surface area contributed by atoms with Crippen LogP contribution in [0.4, 0.5) is 0 Å². The maximum atomic E-state index is 11.1. The van der Waals surface area contributed by atoms with Crippen LogP contribution in [-0.2, 0) is 11.2 Å². The lowest BCUT2D eigenvalue weighted by Gasteiger charge is -2.12. The third-order valence-corrected chi connectivity index (χ3v) is 2.86. The molecule has 1 aromatic carbocycles. The van der Waals surface area contributed by atoms with Gasteiger partial charge in [0.25, 0.3) is 0 Å².